The van der Waals surface area contributed by atoms with Crippen LogP contribution in [0.2, 0.25) is 5.02 Å². The van der Waals surface area contributed by atoms with E-state index in [0.717, 1.165) is 23.1 Å². The third-order valence-corrected chi connectivity index (χ3v) is 5.19. The van der Waals surface area contributed by atoms with Gasteiger partial charge in [0.25, 0.3) is 0 Å². The highest BCUT2D eigenvalue weighted by atomic mass is 35.5. The van der Waals surface area contributed by atoms with Gasteiger partial charge in [-0.1, -0.05) is 41.9 Å². The Labute approximate surface area is 181 Å². The number of phenolic OH excluding ortho intramolecular Hbond substituents is 1. The first-order valence-corrected chi connectivity index (χ1v) is 9.74. The fraction of sp³-hybridized carbons (Fsp3) is 0.130. The Bertz CT molecular complexity index is 1240. The van der Waals surface area contributed by atoms with Crippen LogP contribution in [-0.2, 0) is 6.18 Å². The zero-order valence-electron chi connectivity index (χ0n) is 16.3. The van der Waals surface area contributed by atoms with Crippen LogP contribution in [-0.4, -0.2) is 15.1 Å². The molecular weight excluding hydrogens is 427 g/mol. The maximum atomic E-state index is 13.0. The third kappa shape index (κ3) is 4.27. The van der Waals surface area contributed by atoms with Gasteiger partial charge in [-0.25, -0.2) is 4.98 Å². The van der Waals surface area contributed by atoms with Gasteiger partial charge in [0.15, 0.2) is 0 Å². The number of pyridine rings is 2. The van der Waals surface area contributed by atoms with Crippen LogP contribution in [0.4, 0.5) is 19.0 Å². The molecule has 8 heteroatoms. The summed E-state index contributed by atoms with van der Waals surface area (Å²) in [6.07, 6.45) is -1.40. The van der Waals surface area contributed by atoms with Crippen LogP contribution >= 0.6 is 11.6 Å². The van der Waals surface area contributed by atoms with Crippen molar-refractivity contribution in [1.29, 1.82) is 0 Å². The average Bonchev–Trinajstić information content (AvgIpc) is 2.74. The Kier molecular flexibility index (Phi) is 5.45. The number of anilines is 1. The Balaban J connectivity index is 1.84. The third-order valence-electron chi connectivity index (χ3n) is 4.99. The summed E-state index contributed by atoms with van der Waals surface area (Å²) in [5.41, 5.74) is 1.39. The summed E-state index contributed by atoms with van der Waals surface area (Å²) in [5, 5.41) is 15.4. The molecular formula is C23H17ClF3N3O. The van der Waals surface area contributed by atoms with Gasteiger partial charge in [-0.05, 0) is 42.3 Å². The van der Waals surface area contributed by atoms with E-state index in [9.17, 15) is 18.3 Å². The molecule has 0 bridgehead atoms. The first-order valence-electron chi connectivity index (χ1n) is 9.36. The number of fused-ring (bicyclic) bond motifs is 1. The van der Waals surface area contributed by atoms with E-state index in [0.29, 0.717) is 27.5 Å². The van der Waals surface area contributed by atoms with Gasteiger partial charge in [-0.3, -0.25) is 4.98 Å². The van der Waals surface area contributed by atoms with Crippen molar-refractivity contribution < 1.29 is 18.3 Å². The summed E-state index contributed by atoms with van der Waals surface area (Å²) in [7, 11) is 0. The molecule has 0 amide bonds. The van der Waals surface area contributed by atoms with Gasteiger partial charge in [-0.2, -0.15) is 13.2 Å². The van der Waals surface area contributed by atoms with E-state index in [1.165, 1.54) is 18.3 Å². The normalized spacial score (nSPS) is 12.7. The number of hydrogen-bond donors (Lipinski definition) is 2. The van der Waals surface area contributed by atoms with E-state index in [2.05, 4.69) is 15.3 Å². The second kappa shape index (κ2) is 8.07. The molecule has 2 N–H and O–H groups in total. The summed E-state index contributed by atoms with van der Waals surface area (Å²) in [5.74, 6) is 0.442. The molecule has 31 heavy (non-hydrogen) atoms. The van der Waals surface area contributed by atoms with Crippen molar-refractivity contribution in [1.82, 2.24) is 9.97 Å². The second-order valence-electron chi connectivity index (χ2n) is 7.09. The highest BCUT2D eigenvalue weighted by Crippen LogP contribution is 2.38. The van der Waals surface area contributed by atoms with Crippen molar-refractivity contribution in [2.24, 2.45) is 0 Å². The number of rotatable bonds is 4. The molecule has 1 atom stereocenters. The maximum Gasteiger partial charge on any atom is 0.416 e. The summed E-state index contributed by atoms with van der Waals surface area (Å²) >= 11 is 5.99. The zero-order chi connectivity index (χ0) is 22.2. The predicted octanol–water partition coefficient (Wildman–Crippen LogP) is 6.52. The summed E-state index contributed by atoms with van der Waals surface area (Å²) < 4.78 is 39.1. The number of benzene rings is 2. The Morgan fingerprint density at radius 3 is 2.45 bits per heavy atom. The van der Waals surface area contributed by atoms with Crippen molar-refractivity contribution >= 4 is 28.3 Å². The van der Waals surface area contributed by atoms with Crippen LogP contribution in [0.3, 0.4) is 0 Å². The molecule has 0 aliphatic carbocycles. The number of phenols is 1. The van der Waals surface area contributed by atoms with Crippen molar-refractivity contribution in [3.05, 3.63) is 94.3 Å². The van der Waals surface area contributed by atoms with Gasteiger partial charge in [0.1, 0.15) is 17.1 Å². The standard InChI is InChI=1S/C23H17ClF3N3O/c1-13-11-17(24)12-29-22(13)30-19(15-4-7-16(8-5-15)23(25,26)27)18-9-6-14-3-2-10-28-20(14)21(18)31/h2-12,19,31H,1H3,(H,29,30). The van der Waals surface area contributed by atoms with Gasteiger partial charge < -0.3 is 10.4 Å². The molecule has 0 saturated heterocycles. The summed E-state index contributed by atoms with van der Waals surface area (Å²) in [6.45, 7) is 1.81. The Hall–Kier alpha value is -3.32. The van der Waals surface area contributed by atoms with Crippen molar-refractivity contribution in [3.63, 3.8) is 0 Å². The first-order chi connectivity index (χ1) is 14.7. The predicted molar refractivity (Wildman–Crippen MR) is 114 cm³/mol. The lowest BCUT2D eigenvalue weighted by Gasteiger charge is -2.23. The monoisotopic (exact) mass is 443 g/mol. The number of nitrogens with one attached hydrogen (secondary N) is 1. The minimum atomic E-state index is -4.44. The molecule has 0 saturated carbocycles. The molecule has 158 valence electrons. The topological polar surface area (TPSA) is 58.0 Å². The molecule has 0 fully saturated rings. The average molecular weight is 444 g/mol. The number of aryl methyl sites for hydroxylation is 1. The fourth-order valence-electron chi connectivity index (χ4n) is 3.41. The van der Waals surface area contributed by atoms with Crippen molar-refractivity contribution in [2.45, 2.75) is 19.1 Å². The largest absolute Gasteiger partial charge is 0.505 e. The summed E-state index contributed by atoms with van der Waals surface area (Å²) in [6, 6.07) is 12.9. The van der Waals surface area contributed by atoms with Crippen LogP contribution in [0, 0.1) is 6.92 Å². The lowest BCUT2D eigenvalue weighted by molar-refractivity contribution is -0.137. The van der Waals surface area contributed by atoms with Crippen molar-refractivity contribution in [2.75, 3.05) is 5.32 Å². The van der Waals surface area contributed by atoms with E-state index < -0.39 is 17.8 Å². The number of alkyl halides is 3. The van der Waals surface area contributed by atoms with E-state index in [1.807, 2.05) is 13.0 Å². The molecule has 2 heterocycles. The zero-order valence-corrected chi connectivity index (χ0v) is 17.0. The summed E-state index contributed by atoms with van der Waals surface area (Å²) in [4.78, 5) is 8.54. The quantitative estimate of drug-likeness (QED) is 0.377. The lowest BCUT2D eigenvalue weighted by Crippen LogP contribution is -2.15. The molecule has 2 aromatic carbocycles. The van der Waals surface area contributed by atoms with E-state index in [1.54, 1.807) is 30.5 Å². The minimum absolute atomic E-state index is 0.0536. The number of aromatic nitrogens is 2. The van der Waals surface area contributed by atoms with E-state index in [-0.39, 0.29) is 5.75 Å². The Morgan fingerprint density at radius 2 is 1.77 bits per heavy atom. The van der Waals surface area contributed by atoms with Crippen LogP contribution in [0.1, 0.15) is 28.3 Å². The second-order valence-corrected chi connectivity index (χ2v) is 7.53. The number of halogens is 4. The molecule has 0 radical (unpaired) electrons. The number of aromatic hydroxyl groups is 1. The van der Waals surface area contributed by atoms with Crippen LogP contribution in [0.5, 0.6) is 5.75 Å². The first kappa shape index (κ1) is 20.9. The Morgan fingerprint density at radius 1 is 1.03 bits per heavy atom. The van der Waals surface area contributed by atoms with Crippen molar-refractivity contribution in [3.8, 4) is 5.75 Å². The lowest BCUT2D eigenvalue weighted by atomic mass is 9.95. The molecule has 4 aromatic rings. The van der Waals surface area contributed by atoms with Gasteiger partial charge in [-0.15, -0.1) is 0 Å². The van der Waals surface area contributed by atoms with E-state index in [4.69, 9.17) is 11.6 Å². The fourth-order valence-corrected chi connectivity index (χ4v) is 3.62. The van der Waals surface area contributed by atoms with Crippen LogP contribution in [0.25, 0.3) is 10.9 Å². The minimum Gasteiger partial charge on any atom is -0.505 e. The molecule has 1 unspecified atom stereocenters. The smallest absolute Gasteiger partial charge is 0.416 e. The van der Waals surface area contributed by atoms with Gasteiger partial charge in [0.2, 0.25) is 0 Å². The van der Waals surface area contributed by atoms with Gasteiger partial charge >= 0.3 is 6.18 Å². The maximum absolute atomic E-state index is 13.0. The van der Waals surface area contributed by atoms with E-state index >= 15 is 0 Å². The molecule has 4 rings (SSSR count). The number of nitrogens with zero attached hydrogens (tertiary/aromatic N) is 2. The van der Waals surface area contributed by atoms with Gasteiger partial charge in [0, 0.05) is 23.3 Å². The molecule has 0 spiro atoms. The highest BCUT2D eigenvalue weighted by Gasteiger charge is 2.30. The highest BCUT2D eigenvalue weighted by molar-refractivity contribution is 6.30. The molecule has 0 aliphatic heterocycles. The number of hydrogen-bond acceptors (Lipinski definition) is 4. The molecule has 0 aliphatic rings. The SMILES string of the molecule is Cc1cc(Cl)cnc1NC(c1ccc(C(F)(F)F)cc1)c1ccc2cccnc2c1O. The van der Waals surface area contributed by atoms with Crippen LogP contribution < -0.4 is 5.32 Å². The molecule has 2 aromatic heterocycles. The van der Waals surface area contributed by atoms with Gasteiger partial charge in [0.05, 0.1) is 16.6 Å². The molecule has 4 nitrogen and oxygen atoms in total. The van der Waals surface area contributed by atoms with Crippen LogP contribution in [0.15, 0.2) is 67.0 Å².